The molecule has 6 nitrogen and oxygen atoms in total. The molecule has 0 bridgehead atoms. The van der Waals surface area contributed by atoms with E-state index in [9.17, 15) is 8.78 Å². The molecular formula is C13H8F2N6S. The Hall–Kier alpha value is -2.68. The number of hydrogen-bond acceptors (Lipinski definition) is 5. The summed E-state index contributed by atoms with van der Waals surface area (Å²) < 4.78 is 28.7. The first-order valence-electron chi connectivity index (χ1n) is 6.32. The van der Waals surface area contributed by atoms with Crippen molar-refractivity contribution in [3.8, 4) is 22.1 Å². The third kappa shape index (κ3) is 1.90. The lowest BCUT2D eigenvalue weighted by molar-refractivity contribution is 0.510. The Morgan fingerprint density at radius 1 is 1.23 bits per heavy atom. The van der Waals surface area contributed by atoms with Gasteiger partial charge in [-0.2, -0.15) is 14.7 Å². The lowest BCUT2D eigenvalue weighted by Gasteiger charge is -1.99. The Morgan fingerprint density at radius 3 is 2.86 bits per heavy atom. The number of hydrogen-bond donors (Lipinski definition) is 1. The van der Waals surface area contributed by atoms with E-state index in [1.807, 2.05) is 13.0 Å². The molecule has 9 heteroatoms. The summed E-state index contributed by atoms with van der Waals surface area (Å²) in [6.45, 7) is 1.88. The minimum atomic E-state index is -0.970. The van der Waals surface area contributed by atoms with Crippen molar-refractivity contribution in [3.05, 3.63) is 41.6 Å². The van der Waals surface area contributed by atoms with Crippen molar-refractivity contribution >= 4 is 16.3 Å². The number of fused-ring (bicyclic) bond motifs is 1. The first-order chi connectivity index (χ1) is 10.6. The zero-order chi connectivity index (χ0) is 15.3. The highest BCUT2D eigenvalue weighted by Gasteiger charge is 2.19. The van der Waals surface area contributed by atoms with Gasteiger partial charge in [-0.05, 0) is 25.1 Å². The summed E-state index contributed by atoms with van der Waals surface area (Å²) in [6.07, 6.45) is 0. The Balaban J connectivity index is 1.89. The van der Waals surface area contributed by atoms with E-state index in [0.29, 0.717) is 15.7 Å². The molecule has 3 aromatic heterocycles. The minimum Gasteiger partial charge on any atom is -0.282 e. The first kappa shape index (κ1) is 13.0. The number of nitrogens with zero attached hydrogens (tertiary/aromatic N) is 5. The number of aromatic nitrogens is 6. The first-order valence-corrected chi connectivity index (χ1v) is 7.14. The Labute approximate surface area is 126 Å². The Morgan fingerprint density at radius 2 is 2.09 bits per heavy atom. The van der Waals surface area contributed by atoms with E-state index in [1.54, 1.807) is 0 Å². The van der Waals surface area contributed by atoms with Gasteiger partial charge in [-0.1, -0.05) is 17.4 Å². The molecular weight excluding hydrogens is 310 g/mol. The molecule has 1 aromatic carbocycles. The second-order valence-electron chi connectivity index (χ2n) is 4.66. The third-order valence-corrected chi connectivity index (χ3v) is 4.03. The van der Waals surface area contributed by atoms with Gasteiger partial charge in [0.1, 0.15) is 5.69 Å². The summed E-state index contributed by atoms with van der Waals surface area (Å²) in [4.78, 5) is 0.481. The van der Waals surface area contributed by atoms with Crippen molar-refractivity contribution in [2.75, 3.05) is 0 Å². The van der Waals surface area contributed by atoms with Crippen molar-refractivity contribution in [1.82, 2.24) is 30.0 Å². The molecule has 0 aliphatic heterocycles. The zero-order valence-corrected chi connectivity index (χ0v) is 12.0. The number of aryl methyl sites for hydroxylation is 1. The second kappa shape index (κ2) is 4.67. The van der Waals surface area contributed by atoms with Crippen LogP contribution in [0.1, 0.15) is 5.69 Å². The number of rotatable bonds is 2. The monoisotopic (exact) mass is 318 g/mol. The summed E-state index contributed by atoms with van der Waals surface area (Å²) in [5, 5.41) is 19.8. The van der Waals surface area contributed by atoms with Crippen molar-refractivity contribution in [1.29, 1.82) is 0 Å². The molecule has 4 aromatic rings. The van der Waals surface area contributed by atoms with Crippen LogP contribution in [-0.2, 0) is 0 Å². The van der Waals surface area contributed by atoms with E-state index >= 15 is 0 Å². The van der Waals surface area contributed by atoms with Gasteiger partial charge in [-0.3, -0.25) is 5.10 Å². The lowest BCUT2D eigenvalue weighted by Crippen LogP contribution is -1.95. The molecule has 0 spiro atoms. The highest BCUT2D eigenvalue weighted by atomic mass is 32.1. The summed E-state index contributed by atoms with van der Waals surface area (Å²) in [6, 6.07) is 5.75. The zero-order valence-electron chi connectivity index (χ0n) is 11.2. The SMILES string of the molecule is Cc1cc(-c2nn3c(-c4cccc(F)c4F)nnc3s2)n[nH]1. The summed E-state index contributed by atoms with van der Waals surface area (Å²) in [7, 11) is 0. The van der Waals surface area contributed by atoms with Crippen LogP contribution in [-0.4, -0.2) is 30.0 Å². The maximum Gasteiger partial charge on any atom is 0.235 e. The van der Waals surface area contributed by atoms with Crippen molar-refractivity contribution in [2.45, 2.75) is 6.92 Å². The predicted octanol–water partition coefficient (Wildman–Crippen LogP) is 2.83. The van der Waals surface area contributed by atoms with E-state index < -0.39 is 11.6 Å². The summed E-state index contributed by atoms with van der Waals surface area (Å²) in [5.41, 5.74) is 1.58. The highest BCUT2D eigenvalue weighted by molar-refractivity contribution is 7.19. The summed E-state index contributed by atoms with van der Waals surface area (Å²) >= 11 is 1.27. The fourth-order valence-electron chi connectivity index (χ4n) is 2.09. The number of halogens is 2. The predicted molar refractivity (Wildman–Crippen MR) is 76.3 cm³/mol. The van der Waals surface area contributed by atoms with E-state index in [0.717, 1.165) is 11.8 Å². The molecule has 110 valence electrons. The smallest absolute Gasteiger partial charge is 0.235 e. The van der Waals surface area contributed by atoms with Crippen LogP contribution in [0, 0.1) is 18.6 Å². The maximum atomic E-state index is 13.9. The number of H-pyrrole nitrogens is 1. The highest BCUT2D eigenvalue weighted by Crippen LogP contribution is 2.28. The summed E-state index contributed by atoms with van der Waals surface area (Å²) in [5.74, 6) is -1.75. The quantitative estimate of drug-likeness (QED) is 0.617. The molecule has 22 heavy (non-hydrogen) atoms. The molecule has 0 saturated carbocycles. The van der Waals surface area contributed by atoms with Crippen LogP contribution in [0.25, 0.3) is 27.1 Å². The van der Waals surface area contributed by atoms with Gasteiger partial charge in [0.25, 0.3) is 0 Å². The van der Waals surface area contributed by atoms with Crippen molar-refractivity contribution < 1.29 is 8.78 Å². The van der Waals surface area contributed by atoms with Gasteiger partial charge >= 0.3 is 0 Å². The van der Waals surface area contributed by atoms with Crippen molar-refractivity contribution in [2.24, 2.45) is 0 Å². The van der Waals surface area contributed by atoms with Crippen LogP contribution < -0.4 is 0 Å². The average Bonchev–Trinajstić information content (AvgIpc) is 3.17. The topological polar surface area (TPSA) is 71.8 Å². The van der Waals surface area contributed by atoms with Gasteiger partial charge in [0.2, 0.25) is 4.96 Å². The molecule has 0 fully saturated rings. The van der Waals surface area contributed by atoms with Crippen LogP contribution >= 0.6 is 11.3 Å². The van der Waals surface area contributed by atoms with Crippen LogP contribution in [0.3, 0.4) is 0 Å². The normalized spacial score (nSPS) is 11.4. The van der Waals surface area contributed by atoms with E-state index in [4.69, 9.17) is 0 Å². The van der Waals surface area contributed by atoms with Gasteiger partial charge in [-0.15, -0.1) is 10.2 Å². The standard InChI is InChI=1S/C13H8F2N6S/c1-6-5-9(17-16-6)12-20-21-11(18-19-13(21)22-12)7-3-2-4-8(14)10(7)15/h2-5H,1H3,(H,16,17). The molecule has 0 unspecified atom stereocenters. The average molecular weight is 318 g/mol. The van der Waals surface area contributed by atoms with Gasteiger partial charge in [0.05, 0.1) is 5.56 Å². The van der Waals surface area contributed by atoms with E-state index in [1.165, 1.54) is 28.0 Å². The van der Waals surface area contributed by atoms with Crippen LogP contribution in [0.4, 0.5) is 8.78 Å². The number of benzene rings is 1. The Bertz CT molecular complexity index is 986. The van der Waals surface area contributed by atoms with E-state index in [2.05, 4.69) is 25.5 Å². The molecule has 0 amide bonds. The molecule has 3 heterocycles. The van der Waals surface area contributed by atoms with Gasteiger partial charge < -0.3 is 0 Å². The van der Waals surface area contributed by atoms with Gasteiger partial charge in [0, 0.05) is 5.69 Å². The minimum absolute atomic E-state index is 0.0163. The molecule has 0 aliphatic rings. The molecule has 0 aliphatic carbocycles. The molecule has 4 rings (SSSR count). The molecule has 0 saturated heterocycles. The van der Waals surface area contributed by atoms with Crippen molar-refractivity contribution in [3.63, 3.8) is 0 Å². The maximum absolute atomic E-state index is 13.9. The lowest BCUT2D eigenvalue weighted by atomic mass is 10.2. The van der Waals surface area contributed by atoms with Crippen LogP contribution in [0.5, 0.6) is 0 Å². The van der Waals surface area contributed by atoms with Gasteiger partial charge in [0.15, 0.2) is 22.5 Å². The fraction of sp³-hybridized carbons (Fsp3) is 0.0769. The van der Waals surface area contributed by atoms with E-state index in [-0.39, 0.29) is 11.4 Å². The van der Waals surface area contributed by atoms with Gasteiger partial charge in [-0.25, -0.2) is 8.78 Å². The fourth-order valence-corrected chi connectivity index (χ4v) is 2.89. The molecule has 0 atom stereocenters. The molecule has 1 N–H and O–H groups in total. The second-order valence-corrected chi connectivity index (χ2v) is 5.62. The third-order valence-electron chi connectivity index (χ3n) is 3.11. The largest absolute Gasteiger partial charge is 0.282 e. The molecule has 0 radical (unpaired) electrons. The number of nitrogens with one attached hydrogen (secondary N) is 1. The van der Waals surface area contributed by atoms with Crippen LogP contribution in [0.15, 0.2) is 24.3 Å². The number of aromatic amines is 1. The Kier molecular flexibility index (Phi) is 2.76. The van der Waals surface area contributed by atoms with Crippen LogP contribution in [0.2, 0.25) is 0 Å².